The highest BCUT2D eigenvalue weighted by atomic mass is 16.1. The minimum Gasteiger partial charge on any atom is -0.359 e. The van der Waals surface area contributed by atoms with Gasteiger partial charge in [-0.25, -0.2) is 0 Å². The Labute approximate surface area is 96.5 Å². The number of amides is 1. The van der Waals surface area contributed by atoms with Crippen molar-refractivity contribution in [2.75, 3.05) is 13.6 Å². The summed E-state index contributed by atoms with van der Waals surface area (Å²) < 4.78 is 0. The molecule has 0 unspecified atom stereocenters. The summed E-state index contributed by atoms with van der Waals surface area (Å²) in [5, 5.41) is 5.97. The molecule has 1 rings (SSSR count). The van der Waals surface area contributed by atoms with Crippen molar-refractivity contribution >= 4 is 5.91 Å². The van der Waals surface area contributed by atoms with E-state index in [9.17, 15) is 4.79 Å². The molecule has 0 aliphatic carbocycles. The van der Waals surface area contributed by atoms with Crippen molar-refractivity contribution in [2.45, 2.75) is 25.8 Å². The zero-order chi connectivity index (χ0) is 11.8. The van der Waals surface area contributed by atoms with E-state index in [1.165, 1.54) is 5.56 Å². The van der Waals surface area contributed by atoms with Gasteiger partial charge in [0.15, 0.2) is 0 Å². The first-order valence-electron chi connectivity index (χ1n) is 5.58. The second-order valence-corrected chi connectivity index (χ2v) is 3.74. The van der Waals surface area contributed by atoms with Crippen LogP contribution in [0, 0.1) is 0 Å². The van der Waals surface area contributed by atoms with E-state index in [-0.39, 0.29) is 11.9 Å². The Morgan fingerprint density at radius 2 is 2.38 bits per heavy atom. The summed E-state index contributed by atoms with van der Waals surface area (Å²) in [5.41, 5.74) is 1.17. The minimum absolute atomic E-state index is 0.0934. The van der Waals surface area contributed by atoms with E-state index in [0.717, 1.165) is 13.0 Å². The molecule has 0 bridgehead atoms. The first-order valence-corrected chi connectivity index (χ1v) is 5.58. The van der Waals surface area contributed by atoms with Gasteiger partial charge in [0, 0.05) is 31.9 Å². The molecule has 16 heavy (non-hydrogen) atoms. The van der Waals surface area contributed by atoms with E-state index < -0.39 is 0 Å². The predicted octanol–water partition coefficient (Wildman–Crippen LogP) is 1.26. The molecule has 1 atom stereocenters. The number of nitrogens with one attached hydrogen (secondary N) is 2. The average molecular weight is 221 g/mol. The van der Waals surface area contributed by atoms with Crippen LogP contribution in [0.25, 0.3) is 0 Å². The van der Waals surface area contributed by atoms with Crippen molar-refractivity contribution < 1.29 is 4.79 Å². The van der Waals surface area contributed by atoms with Crippen molar-refractivity contribution in [2.24, 2.45) is 0 Å². The van der Waals surface area contributed by atoms with Crippen LogP contribution >= 0.6 is 0 Å². The van der Waals surface area contributed by atoms with Crippen LogP contribution in [0.1, 0.15) is 31.4 Å². The maximum Gasteiger partial charge on any atom is 0.219 e. The fourth-order valence-electron chi connectivity index (χ4n) is 1.44. The van der Waals surface area contributed by atoms with Crippen LogP contribution in [-0.4, -0.2) is 24.5 Å². The van der Waals surface area contributed by atoms with Crippen LogP contribution in [0.2, 0.25) is 0 Å². The molecule has 1 amide bonds. The van der Waals surface area contributed by atoms with Crippen molar-refractivity contribution in [3.63, 3.8) is 0 Å². The second kappa shape index (κ2) is 6.95. The lowest BCUT2D eigenvalue weighted by Crippen LogP contribution is -2.23. The number of hydrogen-bond donors (Lipinski definition) is 2. The van der Waals surface area contributed by atoms with Crippen LogP contribution < -0.4 is 10.6 Å². The Hall–Kier alpha value is -1.42. The summed E-state index contributed by atoms with van der Waals surface area (Å²) in [5.74, 6) is 0.0934. The second-order valence-electron chi connectivity index (χ2n) is 3.74. The van der Waals surface area contributed by atoms with Crippen LogP contribution in [0.5, 0.6) is 0 Å². The van der Waals surface area contributed by atoms with Crippen molar-refractivity contribution in [1.29, 1.82) is 0 Å². The van der Waals surface area contributed by atoms with Gasteiger partial charge in [0.2, 0.25) is 5.91 Å². The lowest BCUT2D eigenvalue weighted by molar-refractivity contribution is -0.120. The van der Waals surface area contributed by atoms with Gasteiger partial charge in [-0.3, -0.25) is 9.78 Å². The number of carbonyl (C=O) groups excluding carboxylic acids is 1. The van der Waals surface area contributed by atoms with Crippen LogP contribution in [0.3, 0.4) is 0 Å². The van der Waals surface area contributed by atoms with E-state index in [1.807, 2.05) is 18.3 Å². The first kappa shape index (κ1) is 12.6. The zero-order valence-electron chi connectivity index (χ0n) is 9.86. The summed E-state index contributed by atoms with van der Waals surface area (Å²) in [6.45, 7) is 2.93. The Morgan fingerprint density at radius 1 is 1.56 bits per heavy atom. The molecule has 1 aromatic rings. The summed E-state index contributed by atoms with van der Waals surface area (Å²) in [6, 6.07) is 4.25. The highest BCUT2D eigenvalue weighted by Crippen LogP contribution is 2.09. The van der Waals surface area contributed by atoms with Gasteiger partial charge in [-0.05, 0) is 31.5 Å². The molecule has 0 saturated carbocycles. The smallest absolute Gasteiger partial charge is 0.219 e. The van der Waals surface area contributed by atoms with E-state index in [1.54, 1.807) is 13.2 Å². The predicted molar refractivity (Wildman–Crippen MR) is 64.0 cm³/mol. The number of nitrogens with zero attached hydrogens (tertiary/aromatic N) is 1. The molecule has 0 aliphatic heterocycles. The van der Waals surface area contributed by atoms with Crippen LogP contribution in [0.4, 0.5) is 0 Å². The topological polar surface area (TPSA) is 54.0 Å². The first-order chi connectivity index (χ1) is 7.74. The summed E-state index contributed by atoms with van der Waals surface area (Å²) in [6.07, 6.45) is 5.05. The van der Waals surface area contributed by atoms with Crippen molar-refractivity contribution in [3.05, 3.63) is 30.1 Å². The summed E-state index contributed by atoms with van der Waals surface area (Å²) >= 11 is 0. The summed E-state index contributed by atoms with van der Waals surface area (Å²) in [7, 11) is 1.66. The third-order valence-corrected chi connectivity index (χ3v) is 2.49. The van der Waals surface area contributed by atoms with Crippen LogP contribution in [-0.2, 0) is 4.79 Å². The molecule has 0 fully saturated rings. The number of carbonyl (C=O) groups is 1. The summed E-state index contributed by atoms with van der Waals surface area (Å²) in [4.78, 5) is 15.0. The molecule has 4 nitrogen and oxygen atoms in total. The Balaban J connectivity index is 2.21. The maximum atomic E-state index is 11.0. The quantitative estimate of drug-likeness (QED) is 0.711. The highest BCUT2D eigenvalue weighted by molar-refractivity contribution is 5.75. The molecule has 2 N–H and O–H groups in total. The molecular weight excluding hydrogens is 202 g/mol. The largest absolute Gasteiger partial charge is 0.359 e. The fourth-order valence-corrected chi connectivity index (χ4v) is 1.44. The molecule has 0 spiro atoms. The van der Waals surface area contributed by atoms with E-state index >= 15 is 0 Å². The maximum absolute atomic E-state index is 11.0. The zero-order valence-corrected chi connectivity index (χ0v) is 9.86. The number of aromatic nitrogens is 1. The molecule has 88 valence electrons. The van der Waals surface area contributed by atoms with Gasteiger partial charge in [-0.15, -0.1) is 0 Å². The van der Waals surface area contributed by atoms with E-state index in [0.29, 0.717) is 6.42 Å². The molecule has 1 heterocycles. The normalized spacial score (nSPS) is 12.1. The Kier molecular flexibility index (Phi) is 5.50. The van der Waals surface area contributed by atoms with Crippen LogP contribution in [0.15, 0.2) is 24.5 Å². The standard InChI is InChI=1S/C12H19N3O/c1-10(11-5-3-7-14-9-11)15-8-4-6-12(16)13-2/h3,5,7,9-10,15H,4,6,8H2,1-2H3,(H,13,16)/t10-/m0/s1. The minimum atomic E-state index is 0.0934. The lowest BCUT2D eigenvalue weighted by Gasteiger charge is -2.13. The van der Waals surface area contributed by atoms with Gasteiger partial charge in [-0.2, -0.15) is 0 Å². The van der Waals surface area contributed by atoms with E-state index in [2.05, 4.69) is 22.5 Å². The van der Waals surface area contributed by atoms with Gasteiger partial charge >= 0.3 is 0 Å². The highest BCUT2D eigenvalue weighted by Gasteiger charge is 2.04. The molecule has 0 aromatic carbocycles. The Bertz CT molecular complexity index is 313. The lowest BCUT2D eigenvalue weighted by atomic mass is 10.1. The van der Waals surface area contributed by atoms with Gasteiger partial charge < -0.3 is 10.6 Å². The van der Waals surface area contributed by atoms with Gasteiger partial charge in [0.05, 0.1) is 0 Å². The molecule has 0 radical (unpaired) electrons. The molecular formula is C12H19N3O. The Morgan fingerprint density at radius 3 is 3.00 bits per heavy atom. The van der Waals surface area contributed by atoms with Gasteiger partial charge in [-0.1, -0.05) is 6.07 Å². The van der Waals surface area contributed by atoms with Gasteiger partial charge in [0.1, 0.15) is 0 Å². The molecule has 0 aliphatic rings. The monoisotopic (exact) mass is 221 g/mol. The number of hydrogen-bond acceptors (Lipinski definition) is 3. The number of rotatable bonds is 6. The van der Waals surface area contributed by atoms with E-state index in [4.69, 9.17) is 0 Å². The van der Waals surface area contributed by atoms with Gasteiger partial charge in [0.25, 0.3) is 0 Å². The molecule has 0 saturated heterocycles. The third kappa shape index (κ3) is 4.40. The molecule has 4 heteroatoms. The fraction of sp³-hybridized carbons (Fsp3) is 0.500. The average Bonchev–Trinajstić information content (AvgIpc) is 2.35. The SMILES string of the molecule is CNC(=O)CCCN[C@@H](C)c1cccnc1. The van der Waals surface area contributed by atoms with Crippen molar-refractivity contribution in [1.82, 2.24) is 15.6 Å². The van der Waals surface area contributed by atoms with Crippen molar-refractivity contribution in [3.8, 4) is 0 Å². The molecule has 1 aromatic heterocycles. The third-order valence-electron chi connectivity index (χ3n) is 2.49. The number of pyridine rings is 1.